The van der Waals surface area contributed by atoms with E-state index in [-0.39, 0.29) is 0 Å². The Labute approximate surface area is 97.1 Å². The Morgan fingerprint density at radius 2 is 2.25 bits per heavy atom. The lowest BCUT2D eigenvalue weighted by molar-refractivity contribution is 0.495. The van der Waals surface area contributed by atoms with Crippen molar-refractivity contribution < 1.29 is 0 Å². The van der Waals surface area contributed by atoms with Gasteiger partial charge in [0.05, 0.1) is 18.2 Å². The number of fused-ring (bicyclic) bond motifs is 1. The van der Waals surface area contributed by atoms with E-state index in [0.717, 1.165) is 25.1 Å². The Hall–Kier alpha value is -1.30. The zero-order chi connectivity index (χ0) is 11.5. The molecule has 1 aromatic heterocycles. The molecule has 16 heavy (non-hydrogen) atoms. The monoisotopic (exact) mass is 217 g/mol. The highest BCUT2D eigenvalue weighted by Crippen LogP contribution is 2.22. The van der Waals surface area contributed by atoms with E-state index in [1.807, 2.05) is 0 Å². The molecule has 0 amide bonds. The largest absolute Gasteiger partial charge is 0.332 e. The number of hydrogen-bond acceptors (Lipinski definition) is 2. The van der Waals surface area contributed by atoms with Crippen LogP contribution in [0.1, 0.15) is 43.9 Å². The third-order valence-electron chi connectivity index (χ3n) is 3.12. The predicted molar refractivity (Wildman–Crippen MR) is 63.0 cm³/mol. The Morgan fingerprint density at radius 3 is 2.94 bits per heavy atom. The topological polar surface area (TPSA) is 41.6 Å². The maximum atomic E-state index is 8.81. The lowest BCUT2D eigenvalue weighted by atomic mass is 10.1. The minimum Gasteiger partial charge on any atom is -0.332 e. The molecule has 0 fully saturated rings. The summed E-state index contributed by atoms with van der Waals surface area (Å²) >= 11 is 0. The number of nitriles is 1. The molecule has 0 spiro atoms. The molecule has 3 heteroatoms. The number of rotatable bonds is 3. The quantitative estimate of drug-likeness (QED) is 0.780. The zero-order valence-corrected chi connectivity index (χ0v) is 10.2. The molecular formula is C13H19N3. The first-order valence-electron chi connectivity index (χ1n) is 6.16. The molecule has 0 saturated heterocycles. The van der Waals surface area contributed by atoms with Gasteiger partial charge in [0.25, 0.3) is 0 Å². The van der Waals surface area contributed by atoms with Gasteiger partial charge in [-0.05, 0) is 25.2 Å². The Kier molecular flexibility index (Phi) is 3.28. The highest BCUT2D eigenvalue weighted by atomic mass is 15.1. The van der Waals surface area contributed by atoms with Crippen LogP contribution in [0.25, 0.3) is 0 Å². The van der Waals surface area contributed by atoms with E-state index >= 15 is 0 Å². The average Bonchev–Trinajstić information content (AvgIpc) is 2.58. The molecule has 0 N–H and O–H groups in total. The number of nitrogens with zero attached hydrogens (tertiary/aromatic N) is 3. The fraction of sp³-hybridized carbons (Fsp3) is 0.692. The first-order valence-corrected chi connectivity index (χ1v) is 6.16. The van der Waals surface area contributed by atoms with Gasteiger partial charge in [0.1, 0.15) is 5.82 Å². The molecule has 0 aromatic carbocycles. The van der Waals surface area contributed by atoms with Crippen molar-refractivity contribution in [3.63, 3.8) is 0 Å². The molecule has 0 bridgehead atoms. The molecule has 0 aliphatic carbocycles. The molecule has 3 nitrogen and oxygen atoms in total. The predicted octanol–water partition coefficient (Wildman–Crippen LogP) is 2.48. The second-order valence-electron chi connectivity index (χ2n) is 4.96. The molecule has 1 aromatic rings. The molecule has 86 valence electrons. The highest BCUT2D eigenvalue weighted by molar-refractivity contribution is 5.22. The van der Waals surface area contributed by atoms with E-state index in [1.165, 1.54) is 24.4 Å². The summed E-state index contributed by atoms with van der Waals surface area (Å²) in [5.41, 5.74) is 2.35. The molecule has 2 rings (SSSR count). The smallest absolute Gasteiger partial charge is 0.109 e. The number of aromatic nitrogens is 2. The van der Waals surface area contributed by atoms with Gasteiger partial charge in [0.2, 0.25) is 0 Å². The zero-order valence-electron chi connectivity index (χ0n) is 10.2. The summed E-state index contributed by atoms with van der Waals surface area (Å²) in [6.45, 7) is 5.53. The van der Waals surface area contributed by atoms with Crippen LogP contribution in [-0.4, -0.2) is 9.55 Å². The van der Waals surface area contributed by atoms with E-state index in [2.05, 4.69) is 29.5 Å². The van der Waals surface area contributed by atoms with Crippen molar-refractivity contribution in [3.05, 3.63) is 17.2 Å². The number of imidazole rings is 1. The fourth-order valence-electron chi connectivity index (χ4n) is 2.44. The molecule has 0 unspecified atom stereocenters. The van der Waals surface area contributed by atoms with Crippen LogP contribution in [-0.2, 0) is 25.8 Å². The van der Waals surface area contributed by atoms with Gasteiger partial charge >= 0.3 is 0 Å². The maximum Gasteiger partial charge on any atom is 0.109 e. The van der Waals surface area contributed by atoms with Crippen LogP contribution in [0, 0.1) is 17.2 Å². The SMILES string of the molecule is CC(C)Cc1nc(CC#N)c2n1CCCC2. The summed E-state index contributed by atoms with van der Waals surface area (Å²) in [6.07, 6.45) is 5.08. The van der Waals surface area contributed by atoms with Gasteiger partial charge in [-0.2, -0.15) is 5.26 Å². The van der Waals surface area contributed by atoms with Crippen molar-refractivity contribution >= 4 is 0 Å². The standard InChI is InChI=1S/C13H19N3/c1-10(2)9-13-15-11(6-7-14)12-5-3-4-8-16(12)13/h10H,3-6,8-9H2,1-2H3. The van der Waals surface area contributed by atoms with Crippen molar-refractivity contribution in [1.29, 1.82) is 5.26 Å². The molecule has 2 heterocycles. The summed E-state index contributed by atoms with van der Waals surface area (Å²) in [4.78, 5) is 4.66. The van der Waals surface area contributed by atoms with Crippen LogP contribution in [0.15, 0.2) is 0 Å². The van der Waals surface area contributed by atoms with Crippen LogP contribution < -0.4 is 0 Å². The van der Waals surface area contributed by atoms with E-state index in [0.29, 0.717) is 12.3 Å². The summed E-state index contributed by atoms with van der Waals surface area (Å²) in [5.74, 6) is 1.82. The Morgan fingerprint density at radius 1 is 1.44 bits per heavy atom. The molecule has 0 saturated carbocycles. The second kappa shape index (κ2) is 4.69. The summed E-state index contributed by atoms with van der Waals surface area (Å²) in [5, 5.41) is 8.81. The van der Waals surface area contributed by atoms with Crippen molar-refractivity contribution in [1.82, 2.24) is 9.55 Å². The van der Waals surface area contributed by atoms with Gasteiger partial charge in [-0.25, -0.2) is 4.98 Å². The Bertz CT molecular complexity index is 410. The summed E-state index contributed by atoms with van der Waals surface area (Å²) in [6, 6.07) is 2.22. The molecular weight excluding hydrogens is 198 g/mol. The van der Waals surface area contributed by atoms with Gasteiger partial charge in [-0.1, -0.05) is 13.8 Å². The molecule has 1 aliphatic heterocycles. The van der Waals surface area contributed by atoms with Crippen molar-refractivity contribution in [2.75, 3.05) is 0 Å². The minimum absolute atomic E-state index is 0.466. The van der Waals surface area contributed by atoms with E-state index in [1.54, 1.807) is 0 Å². The van der Waals surface area contributed by atoms with Crippen LogP contribution in [0.2, 0.25) is 0 Å². The lowest BCUT2D eigenvalue weighted by Crippen LogP contribution is -2.14. The maximum absolute atomic E-state index is 8.81. The fourth-order valence-corrected chi connectivity index (χ4v) is 2.44. The minimum atomic E-state index is 0.466. The van der Waals surface area contributed by atoms with Crippen molar-refractivity contribution in [2.24, 2.45) is 5.92 Å². The van der Waals surface area contributed by atoms with Gasteiger partial charge in [0, 0.05) is 18.7 Å². The third-order valence-corrected chi connectivity index (χ3v) is 3.12. The van der Waals surface area contributed by atoms with Crippen LogP contribution in [0.3, 0.4) is 0 Å². The first-order chi connectivity index (χ1) is 7.72. The first kappa shape index (κ1) is 11.2. The van der Waals surface area contributed by atoms with E-state index < -0.39 is 0 Å². The third kappa shape index (κ3) is 2.11. The van der Waals surface area contributed by atoms with Gasteiger partial charge < -0.3 is 4.57 Å². The normalized spacial score (nSPS) is 14.9. The molecule has 0 radical (unpaired) electrons. The van der Waals surface area contributed by atoms with Gasteiger partial charge in [0.15, 0.2) is 0 Å². The summed E-state index contributed by atoms with van der Waals surface area (Å²) < 4.78 is 2.36. The second-order valence-corrected chi connectivity index (χ2v) is 4.96. The van der Waals surface area contributed by atoms with E-state index in [9.17, 15) is 0 Å². The van der Waals surface area contributed by atoms with E-state index in [4.69, 9.17) is 5.26 Å². The van der Waals surface area contributed by atoms with Crippen LogP contribution >= 0.6 is 0 Å². The lowest BCUT2D eigenvalue weighted by Gasteiger charge is -2.17. The van der Waals surface area contributed by atoms with Gasteiger partial charge in [-0.3, -0.25) is 0 Å². The van der Waals surface area contributed by atoms with Crippen molar-refractivity contribution in [2.45, 2.75) is 52.5 Å². The highest BCUT2D eigenvalue weighted by Gasteiger charge is 2.19. The molecule has 1 aliphatic rings. The van der Waals surface area contributed by atoms with Gasteiger partial charge in [-0.15, -0.1) is 0 Å². The Balaban J connectivity index is 2.34. The average molecular weight is 217 g/mol. The van der Waals surface area contributed by atoms with Crippen LogP contribution in [0.5, 0.6) is 0 Å². The van der Waals surface area contributed by atoms with Crippen LogP contribution in [0.4, 0.5) is 0 Å². The molecule has 0 atom stereocenters. The number of hydrogen-bond donors (Lipinski definition) is 0. The van der Waals surface area contributed by atoms with Crippen molar-refractivity contribution in [3.8, 4) is 6.07 Å². The summed E-state index contributed by atoms with van der Waals surface area (Å²) in [7, 11) is 0.